The number of nitrogens with zero attached hydrogens (tertiary/aromatic N) is 2. The lowest BCUT2D eigenvalue weighted by atomic mass is 10.2. The minimum absolute atomic E-state index is 0.144. The molecule has 1 heterocycles. The number of amides is 3. The Kier molecular flexibility index (Phi) is 3.80. The lowest BCUT2D eigenvalue weighted by molar-refractivity contribution is -0.144. The van der Waals surface area contributed by atoms with Crippen molar-refractivity contribution in [1.29, 1.82) is 5.26 Å². The third-order valence-corrected chi connectivity index (χ3v) is 3.16. The van der Waals surface area contributed by atoms with Gasteiger partial charge in [0.05, 0.1) is 11.3 Å². The van der Waals surface area contributed by atoms with Gasteiger partial charge in [-0.15, -0.1) is 0 Å². The molecule has 102 valence electrons. The molecular weight excluding hydrogens is 258 g/mol. The molecule has 0 aliphatic carbocycles. The van der Waals surface area contributed by atoms with Crippen LogP contribution in [0.4, 0.5) is 5.69 Å². The third kappa shape index (κ3) is 2.52. The summed E-state index contributed by atoms with van der Waals surface area (Å²) in [6, 6.07) is 7.62. The highest BCUT2D eigenvalue weighted by molar-refractivity contribution is 6.07. The molecule has 20 heavy (non-hydrogen) atoms. The smallest absolute Gasteiger partial charge is 0.247 e. The fourth-order valence-corrected chi connectivity index (χ4v) is 2.07. The molecule has 1 aliphatic rings. The van der Waals surface area contributed by atoms with Gasteiger partial charge < -0.3 is 5.32 Å². The maximum Gasteiger partial charge on any atom is 0.247 e. The second-order valence-corrected chi connectivity index (χ2v) is 4.48. The second-order valence-electron chi connectivity index (χ2n) is 4.48. The van der Waals surface area contributed by atoms with Gasteiger partial charge >= 0.3 is 0 Å². The first-order chi connectivity index (χ1) is 9.54. The van der Waals surface area contributed by atoms with Crippen molar-refractivity contribution in [2.24, 2.45) is 0 Å². The lowest BCUT2D eigenvalue weighted by Gasteiger charge is -2.21. The monoisotopic (exact) mass is 271 g/mol. The van der Waals surface area contributed by atoms with Crippen LogP contribution in [-0.4, -0.2) is 28.7 Å². The lowest BCUT2D eigenvalue weighted by Crippen LogP contribution is -2.45. The molecule has 0 spiro atoms. The molecule has 0 aromatic heterocycles. The molecule has 1 aromatic rings. The van der Waals surface area contributed by atoms with E-state index in [4.69, 9.17) is 5.26 Å². The number of para-hydroxylation sites is 1. The SMILES string of the molecule is CC(C(=O)Nc1ccccc1C#N)N1C(=O)CCC1=O. The number of hydrogen-bond acceptors (Lipinski definition) is 4. The minimum atomic E-state index is -0.885. The van der Waals surface area contributed by atoms with Crippen LogP contribution in [0.15, 0.2) is 24.3 Å². The molecule has 1 aliphatic heterocycles. The fourth-order valence-electron chi connectivity index (χ4n) is 2.07. The van der Waals surface area contributed by atoms with Crippen LogP contribution in [0.3, 0.4) is 0 Å². The van der Waals surface area contributed by atoms with Crippen molar-refractivity contribution in [2.45, 2.75) is 25.8 Å². The van der Waals surface area contributed by atoms with Crippen molar-refractivity contribution in [2.75, 3.05) is 5.32 Å². The van der Waals surface area contributed by atoms with Gasteiger partial charge in [-0.25, -0.2) is 0 Å². The van der Waals surface area contributed by atoms with E-state index in [0.717, 1.165) is 4.90 Å². The van der Waals surface area contributed by atoms with Crippen LogP contribution in [0.1, 0.15) is 25.3 Å². The Morgan fingerprint density at radius 3 is 2.50 bits per heavy atom. The number of carbonyl (C=O) groups is 3. The Balaban J connectivity index is 2.14. The first kappa shape index (κ1) is 13.7. The Morgan fingerprint density at radius 2 is 1.90 bits per heavy atom. The van der Waals surface area contributed by atoms with Crippen molar-refractivity contribution >= 4 is 23.4 Å². The van der Waals surface area contributed by atoms with Gasteiger partial charge in [-0.1, -0.05) is 12.1 Å². The molecule has 6 heteroatoms. The summed E-state index contributed by atoms with van der Waals surface area (Å²) in [6.45, 7) is 1.49. The van der Waals surface area contributed by atoms with Crippen molar-refractivity contribution in [3.05, 3.63) is 29.8 Å². The zero-order valence-corrected chi connectivity index (χ0v) is 10.9. The predicted molar refractivity (Wildman–Crippen MR) is 70.3 cm³/mol. The topological polar surface area (TPSA) is 90.3 Å². The largest absolute Gasteiger partial charge is 0.323 e. The average Bonchev–Trinajstić information content (AvgIpc) is 2.78. The van der Waals surface area contributed by atoms with Gasteiger partial charge in [-0.05, 0) is 19.1 Å². The molecule has 6 nitrogen and oxygen atoms in total. The number of carbonyl (C=O) groups excluding carboxylic acids is 3. The zero-order valence-electron chi connectivity index (χ0n) is 10.9. The molecule has 1 N–H and O–H groups in total. The van der Waals surface area contributed by atoms with Gasteiger partial charge in [0.25, 0.3) is 0 Å². The van der Waals surface area contributed by atoms with E-state index in [9.17, 15) is 14.4 Å². The van der Waals surface area contributed by atoms with Crippen LogP contribution in [0.2, 0.25) is 0 Å². The Labute approximate surface area is 116 Å². The predicted octanol–water partition coefficient (Wildman–Crippen LogP) is 1.03. The van der Waals surface area contributed by atoms with Crippen LogP contribution in [0.5, 0.6) is 0 Å². The quantitative estimate of drug-likeness (QED) is 0.831. The summed E-state index contributed by atoms with van der Waals surface area (Å²) in [5.74, 6) is -1.17. The molecule has 2 rings (SSSR count). The summed E-state index contributed by atoms with van der Waals surface area (Å²) >= 11 is 0. The van der Waals surface area contributed by atoms with Gasteiger partial charge in [0.1, 0.15) is 12.1 Å². The molecule has 0 radical (unpaired) electrons. The van der Waals surface area contributed by atoms with E-state index in [1.54, 1.807) is 24.3 Å². The van der Waals surface area contributed by atoms with Crippen molar-refractivity contribution in [3.63, 3.8) is 0 Å². The maximum atomic E-state index is 12.1. The van der Waals surface area contributed by atoms with Crippen LogP contribution in [0.25, 0.3) is 0 Å². The molecule has 1 fully saturated rings. The van der Waals surface area contributed by atoms with E-state index in [1.165, 1.54) is 6.92 Å². The van der Waals surface area contributed by atoms with E-state index >= 15 is 0 Å². The summed E-state index contributed by atoms with van der Waals surface area (Å²) in [7, 11) is 0. The number of benzene rings is 1. The van der Waals surface area contributed by atoms with Gasteiger partial charge in [-0.2, -0.15) is 5.26 Å². The molecule has 1 unspecified atom stereocenters. The molecule has 1 aromatic carbocycles. The molecule has 0 bridgehead atoms. The van der Waals surface area contributed by atoms with Gasteiger partial charge in [0.15, 0.2) is 0 Å². The van der Waals surface area contributed by atoms with E-state index < -0.39 is 11.9 Å². The second kappa shape index (κ2) is 5.53. The number of anilines is 1. The summed E-state index contributed by atoms with van der Waals surface area (Å²) in [5.41, 5.74) is 0.693. The number of imide groups is 1. The van der Waals surface area contributed by atoms with E-state index in [0.29, 0.717) is 11.3 Å². The number of nitriles is 1. The molecular formula is C14H13N3O3. The summed E-state index contributed by atoms with van der Waals surface area (Å²) in [6.07, 6.45) is 0.288. The normalized spacial score (nSPS) is 15.9. The number of nitrogens with one attached hydrogen (secondary N) is 1. The summed E-state index contributed by atoms with van der Waals surface area (Å²) < 4.78 is 0. The molecule has 0 saturated carbocycles. The highest BCUT2D eigenvalue weighted by atomic mass is 16.2. The van der Waals surface area contributed by atoms with Crippen LogP contribution < -0.4 is 5.32 Å². The standard InChI is InChI=1S/C14H13N3O3/c1-9(17-12(18)6-7-13(17)19)14(20)16-11-5-3-2-4-10(11)8-15/h2-5,9H,6-7H2,1H3,(H,16,20). The minimum Gasteiger partial charge on any atom is -0.323 e. The van der Waals surface area contributed by atoms with Crippen molar-refractivity contribution in [3.8, 4) is 6.07 Å². The third-order valence-electron chi connectivity index (χ3n) is 3.16. The van der Waals surface area contributed by atoms with Gasteiger partial charge in [0, 0.05) is 12.8 Å². The summed E-state index contributed by atoms with van der Waals surface area (Å²) in [5, 5.41) is 11.5. The van der Waals surface area contributed by atoms with Gasteiger partial charge in [0.2, 0.25) is 17.7 Å². The van der Waals surface area contributed by atoms with Crippen molar-refractivity contribution in [1.82, 2.24) is 4.90 Å². The number of rotatable bonds is 3. The Hall–Kier alpha value is -2.68. The van der Waals surface area contributed by atoms with Crippen molar-refractivity contribution < 1.29 is 14.4 Å². The zero-order chi connectivity index (χ0) is 14.7. The average molecular weight is 271 g/mol. The number of likely N-dealkylation sites (tertiary alicyclic amines) is 1. The summed E-state index contributed by atoms with van der Waals surface area (Å²) in [4.78, 5) is 36.2. The highest BCUT2D eigenvalue weighted by Crippen LogP contribution is 2.18. The molecule has 1 atom stereocenters. The Morgan fingerprint density at radius 1 is 1.30 bits per heavy atom. The van der Waals surface area contributed by atoms with Crippen LogP contribution >= 0.6 is 0 Å². The maximum absolute atomic E-state index is 12.1. The van der Waals surface area contributed by atoms with E-state index in [1.807, 2.05) is 6.07 Å². The van der Waals surface area contributed by atoms with Crippen LogP contribution in [-0.2, 0) is 14.4 Å². The number of hydrogen-bond donors (Lipinski definition) is 1. The first-order valence-electron chi connectivity index (χ1n) is 6.19. The van der Waals surface area contributed by atoms with E-state index in [2.05, 4.69) is 5.32 Å². The van der Waals surface area contributed by atoms with Crippen LogP contribution in [0, 0.1) is 11.3 Å². The highest BCUT2D eigenvalue weighted by Gasteiger charge is 2.36. The van der Waals surface area contributed by atoms with Gasteiger partial charge in [-0.3, -0.25) is 19.3 Å². The fraction of sp³-hybridized carbons (Fsp3) is 0.286. The van der Waals surface area contributed by atoms with E-state index in [-0.39, 0.29) is 24.7 Å². The molecule has 1 saturated heterocycles. The first-order valence-corrected chi connectivity index (χ1v) is 6.19. The molecule has 3 amide bonds. The Bertz CT molecular complexity index is 602.